The standard InChI is InChI=1S/C20H22N4OS/c1-13-9-10-17(14(2)11-13)25-18-8-6-5-7-15(18)16-12-26-20(23-16)24-19(21-3)22-4/h5-12H,1-4H3,(H2,21,22,23,24). The first-order valence-corrected chi connectivity index (χ1v) is 9.20. The van der Waals surface area contributed by atoms with Crippen molar-refractivity contribution in [3.8, 4) is 22.8 Å². The zero-order valence-electron chi connectivity index (χ0n) is 15.3. The van der Waals surface area contributed by atoms with Crippen LogP contribution in [-0.4, -0.2) is 25.0 Å². The van der Waals surface area contributed by atoms with Crippen molar-refractivity contribution in [3.63, 3.8) is 0 Å². The average Bonchev–Trinajstić information content (AvgIpc) is 3.11. The number of nitrogens with zero attached hydrogens (tertiary/aromatic N) is 2. The zero-order chi connectivity index (χ0) is 18.5. The molecule has 0 fully saturated rings. The molecule has 2 aromatic carbocycles. The minimum absolute atomic E-state index is 0.672. The number of guanidine groups is 1. The van der Waals surface area contributed by atoms with E-state index in [1.54, 1.807) is 7.05 Å². The lowest BCUT2D eigenvalue weighted by Gasteiger charge is -2.12. The molecule has 0 atom stereocenters. The molecule has 0 unspecified atom stereocenters. The maximum atomic E-state index is 6.19. The van der Waals surface area contributed by atoms with Crippen LogP contribution in [0.3, 0.4) is 0 Å². The second kappa shape index (κ2) is 8.01. The van der Waals surface area contributed by atoms with Gasteiger partial charge in [-0.25, -0.2) is 4.98 Å². The average molecular weight is 366 g/mol. The van der Waals surface area contributed by atoms with E-state index >= 15 is 0 Å². The lowest BCUT2D eigenvalue weighted by Crippen LogP contribution is -2.26. The van der Waals surface area contributed by atoms with Crippen molar-refractivity contribution in [2.45, 2.75) is 13.8 Å². The molecule has 3 aromatic rings. The number of benzene rings is 2. The molecule has 5 nitrogen and oxygen atoms in total. The van der Waals surface area contributed by atoms with E-state index in [1.165, 1.54) is 16.9 Å². The highest BCUT2D eigenvalue weighted by Gasteiger charge is 2.12. The second-order valence-electron chi connectivity index (χ2n) is 5.85. The van der Waals surface area contributed by atoms with Crippen molar-refractivity contribution in [2.75, 3.05) is 19.4 Å². The predicted molar refractivity (Wildman–Crippen MR) is 110 cm³/mol. The summed E-state index contributed by atoms with van der Waals surface area (Å²) in [6, 6.07) is 14.1. The Balaban J connectivity index is 1.89. The Bertz CT molecular complexity index is 933. The van der Waals surface area contributed by atoms with Gasteiger partial charge in [0.25, 0.3) is 0 Å². The van der Waals surface area contributed by atoms with Gasteiger partial charge in [-0.15, -0.1) is 11.3 Å². The first-order chi connectivity index (χ1) is 12.6. The number of ether oxygens (including phenoxy) is 1. The highest BCUT2D eigenvalue weighted by molar-refractivity contribution is 7.14. The number of hydrogen-bond acceptors (Lipinski definition) is 4. The number of rotatable bonds is 4. The SMILES string of the molecule is CN=C(NC)Nc1nc(-c2ccccc2Oc2ccc(C)cc2C)cs1. The summed E-state index contributed by atoms with van der Waals surface area (Å²) in [4.78, 5) is 8.77. The minimum atomic E-state index is 0.672. The van der Waals surface area contributed by atoms with Crippen LogP contribution in [0.4, 0.5) is 5.13 Å². The zero-order valence-corrected chi connectivity index (χ0v) is 16.1. The lowest BCUT2D eigenvalue weighted by atomic mass is 10.1. The number of aromatic nitrogens is 1. The van der Waals surface area contributed by atoms with Crippen LogP contribution in [0, 0.1) is 13.8 Å². The number of anilines is 1. The number of aryl methyl sites for hydroxylation is 2. The number of thiazole rings is 1. The van der Waals surface area contributed by atoms with Crippen LogP contribution >= 0.6 is 11.3 Å². The number of aliphatic imine (C=N–C) groups is 1. The van der Waals surface area contributed by atoms with Gasteiger partial charge in [0.05, 0.1) is 5.69 Å². The Hall–Kier alpha value is -2.86. The summed E-state index contributed by atoms with van der Waals surface area (Å²) in [5.74, 6) is 2.31. The third-order valence-corrected chi connectivity index (χ3v) is 4.66. The van der Waals surface area contributed by atoms with E-state index in [0.29, 0.717) is 5.96 Å². The molecule has 0 aliphatic carbocycles. The molecule has 0 amide bonds. The van der Waals surface area contributed by atoms with Gasteiger partial charge in [0.1, 0.15) is 11.5 Å². The molecule has 134 valence electrons. The van der Waals surface area contributed by atoms with Crippen molar-refractivity contribution >= 4 is 22.4 Å². The first-order valence-electron chi connectivity index (χ1n) is 8.32. The molecule has 0 spiro atoms. The fourth-order valence-corrected chi connectivity index (χ4v) is 3.30. The molecule has 6 heteroatoms. The van der Waals surface area contributed by atoms with E-state index in [4.69, 9.17) is 4.74 Å². The van der Waals surface area contributed by atoms with Crippen molar-refractivity contribution < 1.29 is 4.74 Å². The van der Waals surface area contributed by atoms with Crippen LogP contribution in [0.25, 0.3) is 11.3 Å². The molecule has 0 radical (unpaired) electrons. The summed E-state index contributed by atoms with van der Waals surface area (Å²) in [5.41, 5.74) is 4.15. The van der Waals surface area contributed by atoms with Crippen LogP contribution in [0.15, 0.2) is 52.8 Å². The molecule has 0 saturated carbocycles. The van der Waals surface area contributed by atoms with E-state index < -0.39 is 0 Å². The van der Waals surface area contributed by atoms with Crippen LogP contribution in [0.5, 0.6) is 11.5 Å². The smallest absolute Gasteiger partial charge is 0.197 e. The fraction of sp³-hybridized carbons (Fsp3) is 0.200. The van der Waals surface area contributed by atoms with Crippen LogP contribution in [0.2, 0.25) is 0 Å². The van der Waals surface area contributed by atoms with Crippen molar-refractivity contribution in [1.29, 1.82) is 0 Å². The fourth-order valence-electron chi connectivity index (χ4n) is 2.59. The van der Waals surface area contributed by atoms with Gasteiger partial charge >= 0.3 is 0 Å². The van der Waals surface area contributed by atoms with Gasteiger partial charge in [0.2, 0.25) is 0 Å². The number of hydrogen-bond donors (Lipinski definition) is 2. The Labute approximate surface area is 157 Å². The van der Waals surface area contributed by atoms with Crippen LogP contribution in [-0.2, 0) is 0 Å². The topological polar surface area (TPSA) is 58.5 Å². The lowest BCUT2D eigenvalue weighted by molar-refractivity contribution is 0.480. The summed E-state index contributed by atoms with van der Waals surface area (Å²) < 4.78 is 6.19. The highest BCUT2D eigenvalue weighted by Crippen LogP contribution is 2.35. The maximum Gasteiger partial charge on any atom is 0.197 e. The number of nitrogens with one attached hydrogen (secondary N) is 2. The number of para-hydroxylation sites is 1. The second-order valence-corrected chi connectivity index (χ2v) is 6.71. The molecule has 2 N–H and O–H groups in total. The molecule has 3 rings (SSSR count). The van der Waals surface area contributed by atoms with Crippen LogP contribution < -0.4 is 15.4 Å². The third-order valence-electron chi connectivity index (χ3n) is 3.90. The molecular weight excluding hydrogens is 344 g/mol. The van der Waals surface area contributed by atoms with E-state index in [0.717, 1.165) is 33.5 Å². The largest absolute Gasteiger partial charge is 0.456 e. The molecule has 1 heterocycles. The molecule has 0 saturated heterocycles. The van der Waals surface area contributed by atoms with Gasteiger partial charge in [-0.1, -0.05) is 29.8 Å². The summed E-state index contributed by atoms with van der Waals surface area (Å²) in [5, 5.41) is 8.93. The molecular formula is C20H22N4OS. The Morgan fingerprint density at radius 1 is 1.12 bits per heavy atom. The summed E-state index contributed by atoms with van der Waals surface area (Å²) in [6.45, 7) is 4.13. The predicted octanol–water partition coefficient (Wildman–Crippen LogP) is 4.84. The van der Waals surface area contributed by atoms with Crippen molar-refractivity contribution in [1.82, 2.24) is 10.3 Å². The molecule has 26 heavy (non-hydrogen) atoms. The normalized spacial score (nSPS) is 11.3. The van der Waals surface area contributed by atoms with Gasteiger partial charge < -0.3 is 15.4 Å². The Kier molecular flexibility index (Phi) is 5.53. The van der Waals surface area contributed by atoms with Gasteiger partial charge in [-0.3, -0.25) is 4.99 Å². The Morgan fingerprint density at radius 3 is 2.65 bits per heavy atom. The monoisotopic (exact) mass is 366 g/mol. The van der Waals surface area contributed by atoms with Crippen molar-refractivity contribution in [3.05, 3.63) is 59.0 Å². The van der Waals surface area contributed by atoms with Gasteiger partial charge in [0, 0.05) is 25.0 Å². The summed E-state index contributed by atoms with van der Waals surface area (Å²) in [7, 11) is 3.54. The molecule has 0 aliphatic heterocycles. The van der Waals surface area contributed by atoms with E-state index in [-0.39, 0.29) is 0 Å². The van der Waals surface area contributed by atoms with E-state index in [9.17, 15) is 0 Å². The van der Waals surface area contributed by atoms with Gasteiger partial charge in [0.15, 0.2) is 11.1 Å². The van der Waals surface area contributed by atoms with Gasteiger partial charge in [-0.2, -0.15) is 0 Å². The third kappa shape index (κ3) is 4.03. The molecule has 1 aromatic heterocycles. The first kappa shape index (κ1) is 17.9. The van der Waals surface area contributed by atoms with E-state index in [2.05, 4.69) is 46.6 Å². The van der Waals surface area contributed by atoms with Crippen LogP contribution in [0.1, 0.15) is 11.1 Å². The summed E-state index contributed by atoms with van der Waals surface area (Å²) in [6.07, 6.45) is 0. The summed E-state index contributed by atoms with van der Waals surface area (Å²) >= 11 is 1.52. The van der Waals surface area contributed by atoms with Gasteiger partial charge in [-0.05, 0) is 37.6 Å². The molecule has 0 aliphatic rings. The molecule has 0 bridgehead atoms. The van der Waals surface area contributed by atoms with Crippen molar-refractivity contribution in [2.24, 2.45) is 4.99 Å². The quantitative estimate of drug-likeness (QED) is 0.512. The van der Waals surface area contributed by atoms with E-state index in [1.807, 2.05) is 42.8 Å². The Morgan fingerprint density at radius 2 is 1.92 bits per heavy atom. The maximum absolute atomic E-state index is 6.19. The minimum Gasteiger partial charge on any atom is -0.456 e. The highest BCUT2D eigenvalue weighted by atomic mass is 32.1.